The van der Waals surface area contributed by atoms with E-state index >= 15 is 0 Å². The van der Waals surface area contributed by atoms with Crippen molar-refractivity contribution >= 4 is 44.1 Å². The first-order valence-electron chi connectivity index (χ1n) is 15.1. The molecule has 45 heavy (non-hydrogen) atoms. The third-order valence-corrected chi connectivity index (χ3v) is 8.96. The van der Waals surface area contributed by atoms with Crippen molar-refractivity contribution in [3.05, 3.63) is 76.9 Å². The van der Waals surface area contributed by atoms with Crippen LogP contribution in [0, 0.1) is 5.92 Å². The van der Waals surface area contributed by atoms with Gasteiger partial charge in [0.05, 0.1) is 42.2 Å². The molecule has 0 spiro atoms. The van der Waals surface area contributed by atoms with Crippen molar-refractivity contribution in [3.8, 4) is 23.0 Å². The summed E-state index contributed by atoms with van der Waals surface area (Å²) in [6.45, 7) is 9.03. The second kappa shape index (κ2) is 12.4. The van der Waals surface area contributed by atoms with Crippen LogP contribution in [-0.2, 0) is 16.0 Å². The Kier molecular flexibility index (Phi) is 8.42. The first-order chi connectivity index (χ1) is 21.7. The van der Waals surface area contributed by atoms with E-state index in [1.807, 2.05) is 32.0 Å². The molecule has 0 radical (unpaired) electrons. The van der Waals surface area contributed by atoms with Crippen LogP contribution in [0.5, 0.6) is 23.0 Å². The van der Waals surface area contributed by atoms with Gasteiger partial charge in [-0.25, -0.2) is 4.98 Å². The lowest BCUT2D eigenvalue weighted by atomic mass is 9.94. The maximum atomic E-state index is 13.8. The molecule has 0 bridgehead atoms. The molecule has 0 unspecified atom stereocenters. The molecule has 1 saturated heterocycles. The van der Waals surface area contributed by atoms with Gasteiger partial charge < -0.3 is 24.1 Å². The van der Waals surface area contributed by atoms with Gasteiger partial charge in [0.1, 0.15) is 23.4 Å². The van der Waals surface area contributed by atoms with Crippen molar-refractivity contribution in [2.75, 3.05) is 25.2 Å². The number of aliphatic hydroxyl groups is 1. The zero-order valence-electron chi connectivity index (χ0n) is 26.0. The van der Waals surface area contributed by atoms with E-state index < -0.39 is 17.7 Å². The second-order valence-electron chi connectivity index (χ2n) is 11.6. The number of carbonyl (C=O) groups excluding carboxylic acids is 2. The number of methoxy groups -OCH3 is 1. The van der Waals surface area contributed by atoms with Gasteiger partial charge in [0.15, 0.2) is 16.6 Å². The van der Waals surface area contributed by atoms with Crippen molar-refractivity contribution in [2.45, 2.75) is 52.7 Å². The van der Waals surface area contributed by atoms with Crippen molar-refractivity contribution in [3.63, 3.8) is 0 Å². The minimum absolute atomic E-state index is 0.0129. The lowest BCUT2D eigenvalue weighted by Gasteiger charge is -2.24. The molecule has 1 aromatic heterocycles. The highest BCUT2D eigenvalue weighted by atomic mass is 32.1. The molecule has 234 valence electrons. The van der Waals surface area contributed by atoms with E-state index in [0.717, 1.165) is 22.4 Å². The van der Waals surface area contributed by atoms with Gasteiger partial charge in [-0.05, 0) is 85.8 Å². The van der Waals surface area contributed by atoms with Crippen molar-refractivity contribution < 1.29 is 33.6 Å². The van der Waals surface area contributed by atoms with E-state index in [1.54, 1.807) is 43.5 Å². The van der Waals surface area contributed by atoms with Gasteiger partial charge in [-0.2, -0.15) is 0 Å². The molecule has 1 N–H and O–H groups in total. The van der Waals surface area contributed by atoms with E-state index in [9.17, 15) is 14.7 Å². The Morgan fingerprint density at radius 1 is 1.09 bits per heavy atom. The molecular formula is C35H36N2O7S. The Balaban J connectivity index is 1.50. The molecule has 1 fully saturated rings. The van der Waals surface area contributed by atoms with Crippen molar-refractivity contribution in [1.29, 1.82) is 0 Å². The van der Waals surface area contributed by atoms with Crippen LogP contribution in [0.1, 0.15) is 56.8 Å². The van der Waals surface area contributed by atoms with Crippen LogP contribution < -0.4 is 23.8 Å². The third kappa shape index (κ3) is 5.82. The summed E-state index contributed by atoms with van der Waals surface area (Å²) in [6, 6.07) is 15.2. The quantitative estimate of drug-likeness (QED) is 0.113. The van der Waals surface area contributed by atoms with E-state index in [1.165, 1.54) is 16.2 Å². The zero-order chi connectivity index (χ0) is 31.8. The zero-order valence-corrected chi connectivity index (χ0v) is 26.8. The number of benzene rings is 3. The van der Waals surface area contributed by atoms with Gasteiger partial charge in [0, 0.05) is 12.0 Å². The number of fused-ring (bicyclic) bond motifs is 2. The van der Waals surface area contributed by atoms with Gasteiger partial charge in [-0.3, -0.25) is 14.5 Å². The van der Waals surface area contributed by atoms with Gasteiger partial charge in [0.2, 0.25) is 0 Å². The maximum Gasteiger partial charge on any atom is 0.301 e. The number of amides is 1. The number of aliphatic hydroxyl groups excluding tert-OH is 1. The first kappa shape index (κ1) is 30.5. The molecule has 0 aliphatic carbocycles. The number of rotatable bonds is 10. The number of anilines is 1. The van der Waals surface area contributed by atoms with Gasteiger partial charge >= 0.3 is 5.91 Å². The normalized spacial score (nSPS) is 18.8. The third-order valence-electron chi connectivity index (χ3n) is 7.94. The highest BCUT2D eigenvalue weighted by Crippen LogP contribution is 2.46. The SMILES string of the molecule is CCOc1cc([C@@H]2C(=C(O)c3ccc4c(c3)C[C@@H](C)O4)C(=O)C(=O)N2c2nc3ccc(OC)cc3s2)ccc1OCCC(C)C. The summed E-state index contributed by atoms with van der Waals surface area (Å²) >= 11 is 1.27. The molecule has 9 nitrogen and oxygen atoms in total. The maximum absolute atomic E-state index is 13.8. The summed E-state index contributed by atoms with van der Waals surface area (Å²) < 4.78 is 24.0. The van der Waals surface area contributed by atoms with Crippen molar-refractivity contribution in [2.24, 2.45) is 5.92 Å². The van der Waals surface area contributed by atoms with Crippen LogP contribution in [0.4, 0.5) is 5.13 Å². The number of nitrogens with zero attached hydrogens (tertiary/aromatic N) is 2. The molecule has 1 amide bonds. The number of Topliss-reactive ketones (excluding diaryl/α,β-unsaturated/α-hetero) is 1. The fourth-order valence-corrected chi connectivity index (χ4v) is 6.70. The van der Waals surface area contributed by atoms with E-state index in [-0.39, 0.29) is 17.4 Å². The average molecular weight is 629 g/mol. The average Bonchev–Trinajstić information content (AvgIpc) is 3.69. The molecule has 4 aromatic rings. The summed E-state index contributed by atoms with van der Waals surface area (Å²) in [5.74, 6) is 1.09. The number of carbonyl (C=O) groups is 2. The molecule has 6 rings (SSSR count). The minimum Gasteiger partial charge on any atom is -0.507 e. The van der Waals surface area contributed by atoms with E-state index in [4.69, 9.17) is 23.9 Å². The molecule has 10 heteroatoms. The lowest BCUT2D eigenvalue weighted by molar-refractivity contribution is -0.132. The molecule has 3 heterocycles. The van der Waals surface area contributed by atoms with Crippen LogP contribution in [0.3, 0.4) is 0 Å². The van der Waals surface area contributed by atoms with Gasteiger partial charge in [-0.1, -0.05) is 31.3 Å². The van der Waals surface area contributed by atoms with Crippen LogP contribution in [0.15, 0.2) is 60.2 Å². The fraction of sp³-hybridized carbons (Fsp3) is 0.343. The van der Waals surface area contributed by atoms with Crippen LogP contribution in [-0.4, -0.2) is 48.2 Å². The van der Waals surface area contributed by atoms with E-state index in [0.29, 0.717) is 64.6 Å². The number of hydrogen-bond donors (Lipinski definition) is 1. The fourth-order valence-electron chi connectivity index (χ4n) is 5.68. The molecule has 2 aliphatic heterocycles. The molecule has 2 atom stereocenters. The van der Waals surface area contributed by atoms with E-state index in [2.05, 4.69) is 13.8 Å². The highest BCUT2D eigenvalue weighted by molar-refractivity contribution is 7.22. The second-order valence-corrected chi connectivity index (χ2v) is 12.6. The summed E-state index contributed by atoms with van der Waals surface area (Å²) in [5.41, 5.74) is 2.57. The number of ketones is 1. The summed E-state index contributed by atoms with van der Waals surface area (Å²) in [5, 5.41) is 12.1. The largest absolute Gasteiger partial charge is 0.507 e. The Bertz CT molecular complexity index is 1810. The first-order valence-corrected chi connectivity index (χ1v) is 15.9. The van der Waals surface area contributed by atoms with Crippen LogP contribution >= 0.6 is 11.3 Å². The Labute approximate surface area is 266 Å². The predicted molar refractivity (Wildman–Crippen MR) is 174 cm³/mol. The number of thiazole rings is 1. The monoisotopic (exact) mass is 628 g/mol. The predicted octanol–water partition coefficient (Wildman–Crippen LogP) is 7.08. The summed E-state index contributed by atoms with van der Waals surface area (Å²) in [6.07, 6.45) is 1.57. The molecule has 0 saturated carbocycles. The molecular weight excluding hydrogens is 592 g/mol. The minimum atomic E-state index is -0.972. The highest BCUT2D eigenvalue weighted by Gasteiger charge is 2.48. The number of aromatic nitrogens is 1. The smallest absolute Gasteiger partial charge is 0.301 e. The van der Waals surface area contributed by atoms with Crippen LogP contribution in [0.25, 0.3) is 16.0 Å². The summed E-state index contributed by atoms with van der Waals surface area (Å²) in [4.78, 5) is 33.8. The number of ether oxygens (including phenoxy) is 4. The lowest BCUT2D eigenvalue weighted by Crippen LogP contribution is -2.29. The van der Waals surface area contributed by atoms with Crippen LogP contribution in [0.2, 0.25) is 0 Å². The Morgan fingerprint density at radius 2 is 1.91 bits per heavy atom. The van der Waals surface area contributed by atoms with Gasteiger partial charge in [-0.15, -0.1) is 0 Å². The molecule has 3 aromatic carbocycles. The summed E-state index contributed by atoms with van der Waals surface area (Å²) in [7, 11) is 1.58. The Hall–Kier alpha value is -4.57. The standard InChI is InChI=1S/C35H36N2O7S/c1-6-42-28-17-21(7-12-27(28)43-14-13-19(2)3)31-30(32(38)22-8-11-26-23(16-22)15-20(4)44-26)33(39)34(40)37(31)35-36-25-10-9-24(41-5)18-29(25)45-35/h7-12,16-20,31,38H,6,13-15H2,1-5H3/t20-,31-/m1/s1. The topological polar surface area (TPSA) is 107 Å². The Morgan fingerprint density at radius 3 is 2.67 bits per heavy atom. The van der Waals surface area contributed by atoms with Crippen molar-refractivity contribution in [1.82, 2.24) is 4.98 Å². The molecule has 2 aliphatic rings. The van der Waals surface area contributed by atoms with Gasteiger partial charge in [0.25, 0.3) is 5.78 Å². The number of hydrogen-bond acceptors (Lipinski definition) is 9.